The number of rotatable bonds is 4. The van der Waals surface area contributed by atoms with Gasteiger partial charge in [0.25, 0.3) is 0 Å². The summed E-state index contributed by atoms with van der Waals surface area (Å²) in [6.45, 7) is 16.9. The fourth-order valence-electron chi connectivity index (χ4n) is 3.23. The van der Waals surface area contributed by atoms with Crippen molar-refractivity contribution in [2.75, 3.05) is 13.2 Å². The quantitative estimate of drug-likeness (QED) is 0.747. The van der Waals surface area contributed by atoms with E-state index in [9.17, 15) is 9.90 Å². The molecule has 1 atom stereocenters. The molecule has 30 heavy (non-hydrogen) atoms. The van der Waals surface area contributed by atoms with Gasteiger partial charge in [0.15, 0.2) is 14.1 Å². The molecule has 0 bridgehead atoms. The minimum atomic E-state index is -2.12. The van der Waals surface area contributed by atoms with Gasteiger partial charge >= 0.3 is 5.69 Å². The fourth-order valence-corrected chi connectivity index (χ4v) is 4.26. The molecule has 0 saturated carbocycles. The Labute approximate surface area is 179 Å². The maximum Gasteiger partial charge on any atom is 0.350 e. The highest BCUT2D eigenvalue weighted by molar-refractivity contribution is 6.74. The summed E-state index contributed by atoms with van der Waals surface area (Å²) in [5, 5.41) is 14.9. The molecule has 7 nitrogen and oxygen atoms in total. The Bertz CT molecular complexity index is 1010. The van der Waals surface area contributed by atoms with E-state index in [1.54, 1.807) is 11.6 Å². The molecule has 3 rings (SSSR count). The van der Waals surface area contributed by atoms with Crippen molar-refractivity contribution in [2.45, 2.75) is 70.7 Å². The summed E-state index contributed by atoms with van der Waals surface area (Å²) in [6.07, 6.45) is 0. The lowest BCUT2D eigenvalue weighted by atomic mass is 9.86. The average Bonchev–Trinajstić information content (AvgIpc) is 2.93. The zero-order chi connectivity index (χ0) is 22.7. The van der Waals surface area contributed by atoms with Crippen molar-refractivity contribution in [3.8, 4) is 11.4 Å². The van der Waals surface area contributed by atoms with Crippen LogP contribution in [0.3, 0.4) is 0 Å². The second-order valence-corrected chi connectivity index (χ2v) is 15.6. The Morgan fingerprint density at radius 1 is 1.20 bits per heavy atom. The summed E-state index contributed by atoms with van der Waals surface area (Å²) < 4.78 is 15.6. The van der Waals surface area contributed by atoms with Gasteiger partial charge in [0.2, 0.25) is 5.60 Å². The Kier molecular flexibility index (Phi) is 5.37. The van der Waals surface area contributed by atoms with Gasteiger partial charge in [0.05, 0.1) is 18.9 Å². The lowest BCUT2D eigenvalue weighted by molar-refractivity contribution is -0.0474. The van der Waals surface area contributed by atoms with Gasteiger partial charge in [-0.15, -0.1) is 0 Å². The zero-order valence-corrected chi connectivity index (χ0v) is 20.7. The van der Waals surface area contributed by atoms with Crippen LogP contribution in [0.4, 0.5) is 0 Å². The lowest BCUT2D eigenvalue weighted by Crippen LogP contribution is -2.51. The summed E-state index contributed by atoms with van der Waals surface area (Å²) in [5.74, 6) is 0.910. The second-order valence-electron chi connectivity index (χ2n) is 10.8. The number of nitrogens with zero attached hydrogens (tertiary/aromatic N) is 3. The first-order chi connectivity index (χ1) is 13.6. The van der Waals surface area contributed by atoms with Gasteiger partial charge in [0.1, 0.15) is 5.75 Å². The molecule has 1 aliphatic rings. The van der Waals surface area contributed by atoms with Crippen LogP contribution in [0.2, 0.25) is 18.1 Å². The molecule has 1 unspecified atom stereocenters. The predicted octanol–water partition coefficient (Wildman–Crippen LogP) is 3.47. The SMILES string of the molecule is Cn1nc2n(c1=O)-c1cc(C(C)(C)C)ccc1OC2(CO)CO[Si](C)(C)C(C)(C)C. The van der Waals surface area contributed by atoms with Crippen LogP contribution in [0, 0.1) is 0 Å². The van der Waals surface area contributed by atoms with Crippen molar-refractivity contribution < 1.29 is 14.3 Å². The zero-order valence-electron chi connectivity index (χ0n) is 19.7. The molecule has 2 aromatic rings. The summed E-state index contributed by atoms with van der Waals surface area (Å²) in [4.78, 5) is 13.0. The third-order valence-corrected chi connectivity index (χ3v) is 10.9. The Hall–Kier alpha value is -1.90. The van der Waals surface area contributed by atoms with Crippen molar-refractivity contribution in [1.82, 2.24) is 14.3 Å². The molecule has 0 fully saturated rings. The van der Waals surface area contributed by atoms with Crippen LogP contribution in [0.15, 0.2) is 23.0 Å². The van der Waals surface area contributed by atoms with Crippen molar-refractivity contribution in [2.24, 2.45) is 7.05 Å². The summed E-state index contributed by atoms with van der Waals surface area (Å²) in [6, 6.07) is 5.84. The Morgan fingerprint density at radius 3 is 2.37 bits per heavy atom. The number of fused-ring (bicyclic) bond motifs is 3. The van der Waals surface area contributed by atoms with Crippen LogP contribution >= 0.6 is 0 Å². The van der Waals surface area contributed by atoms with Crippen molar-refractivity contribution in [1.29, 1.82) is 0 Å². The van der Waals surface area contributed by atoms with Gasteiger partial charge in [-0.05, 0) is 41.2 Å². The molecule has 0 amide bonds. The van der Waals surface area contributed by atoms with E-state index in [1.165, 1.54) is 4.68 Å². The number of aryl methyl sites for hydroxylation is 1. The molecule has 1 aromatic heterocycles. The molecule has 166 valence electrons. The Balaban J connectivity index is 2.14. The molecule has 1 N–H and O–H groups in total. The molecule has 0 saturated heterocycles. The van der Waals surface area contributed by atoms with Crippen LogP contribution in [0.1, 0.15) is 52.9 Å². The maximum absolute atomic E-state index is 13.0. The summed E-state index contributed by atoms with van der Waals surface area (Å²) >= 11 is 0. The average molecular weight is 434 g/mol. The van der Waals surface area contributed by atoms with Gasteiger partial charge in [-0.25, -0.2) is 14.0 Å². The van der Waals surface area contributed by atoms with Crippen molar-refractivity contribution in [3.05, 3.63) is 40.1 Å². The van der Waals surface area contributed by atoms with Gasteiger partial charge in [-0.3, -0.25) is 0 Å². The van der Waals surface area contributed by atoms with Crippen LogP contribution in [0.5, 0.6) is 5.75 Å². The molecular weight excluding hydrogens is 398 g/mol. The number of aromatic nitrogens is 3. The minimum absolute atomic E-state index is 0.00160. The number of aliphatic hydroxyl groups is 1. The maximum atomic E-state index is 13.0. The number of aliphatic hydroxyl groups excluding tert-OH is 1. The topological polar surface area (TPSA) is 78.5 Å². The molecule has 8 heteroatoms. The van der Waals surface area contributed by atoms with Gasteiger partial charge in [0, 0.05) is 7.05 Å². The van der Waals surface area contributed by atoms with Gasteiger partial charge in [-0.2, -0.15) is 5.10 Å². The van der Waals surface area contributed by atoms with E-state index in [4.69, 9.17) is 9.16 Å². The van der Waals surface area contributed by atoms with Crippen LogP contribution < -0.4 is 10.4 Å². The third-order valence-electron chi connectivity index (χ3n) is 6.43. The monoisotopic (exact) mass is 433 g/mol. The predicted molar refractivity (Wildman–Crippen MR) is 120 cm³/mol. The van der Waals surface area contributed by atoms with Crippen LogP contribution in [-0.2, 0) is 22.5 Å². The number of benzene rings is 1. The highest BCUT2D eigenvalue weighted by Gasteiger charge is 2.48. The van der Waals surface area contributed by atoms with Crippen LogP contribution in [-0.4, -0.2) is 41.0 Å². The van der Waals surface area contributed by atoms with E-state index in [1.807, 2.05) is 18.2 Å². The highest BCUT2D eigenvalue weighted by atomic mass is 28.4. The van der Waals surface area contributed by atoms with E-state index < -0.39 is 13.9 Å². The summed E-state index contributed by atoms with van der Waals surface area (Å²) in [5.41, 5.74) is 0.128. The van der Waals surface area contributed by atoms with Crippen LogP contribution in [0.25, 0.3) is 5.69 Å². The van der Waals surface area contributed by atoms with E-state index in [0.717, 1.165) is 5.56 Å². The molecule has 1 aliphatic heterocycles. The standard InChI is InChI=1S/C22H35N3O4Si/c1-20(2,3)15-10-11-17-16(12-15)25-18(23-24(7)19(25)27)22(13-26,29-17)14-28-30(8,9)21(4,5)6/h10-12,26H,13-14H2,1-9H3. The second kappa shape index (κ2) is 7.07. The van der Waals surface area contributed by atoms with E-state index in [0.29, 0.717) is 17.3 Å². The van der Waals surface area contributed by atoms with Crippen molar-refractivity contribution >= 4 is 8.32 Å². The highest BCUT2D eigenvalue weighted by Crippen LogP contribution is 2.42. The number of ether oxygens (including phenoxy) is 1. The molecular formula is C22H35N3O4Si. The molecule has 0 spiro atoms. The third kappa shape index (κ3) is 3.65. The first-order valence-corrected chi connectivity index (χ1v) is 13.3. The molecule has 2 heterocycles. The Morgan fingerprint density at radius 2 is 1.83 bits per heavy atom. The van der Waals surface area contributed by atoms with Crippen molar-refractivity contribution in [3.63, 3.8) is 0 Å². The largest absolute Gasteiger partial charge is 0.472 e. The first-order valence-electron chi connectivity index (χ1n) is 10.4. The van der Waals surface area contributed by atoms with E-state index in [2.05, 4.69) is 59.7 Å². The normalized spacial score (nSPS) is 19.3. The molecule has 0 aliphatic carbocycles. The number of hydrogen-bond donors (Lipinski definition) is 1. The summed E-state index contributed by atoms with van der Waals surface area (Å²) in [7, 11) is -0.510. The lowest BCUT2D eigenvalue weighted by Gasteiger charge is -2.41. The molecule has 1 aromatic carbocycles. The minimum Gasteiger partial charge on any atom is -0.472 e. The molecule has 0 radical (unpaired) electrons. The van der Waals surface area contributed by atoms with E-state index in [-0.39, 0.29) is 29.4 Å². The van der Waals surface area contributed by atoms with Gasteiger partial charge < -0.3 is 14.3 Å². The first kappa shape index (κ1) is 22.8. The van der Waals surface area contributed by atoms with Gasteiger partial charge in [-0.1, -0.05) is 47.6 Å². The smallest absolute Gasteiger partial charge is 0.350 e. The number of hydrogen-bond acceptors (Lipinski definition) is 5. The fraction of sp³-hybridized carbons (Fsp3) is 0.636. The van der Waals surface area contributed by atoms with E-state index >= 15 is 0 Å².